The van der Waals surface area contributed by atoms with Crippen molar-refractivity contribution in [2.45, 2.75) is 6.92 Å². The van der Waals surface area contributed by atoms with Crippen molar-refractivity contribution in [3.63, 3.8) is 0 Å². The summed E-state index contributed by atoms with van der Waals surface area (Å²) in [6.45, 7) is 2.05. The van der Waals surface area contributed by atoms with E-state index in [-0.39, 0.29) is 0 Å². The lowest BCUT2D eigenvalue weighted by Gasteiger charge is -1.90. The molecule has 12 heavy (non-hydrogen) atoms. The van der Waals surface area contributed by atoms with E-state index in [2.05, 4.69) is 32.6 Å². The van der Waals surface area contributed by atoms with Gasteiger partial charge in [-0.1, -0.05) is 11.6 Å². The van der Waals surface area contributed by atoms with Crippen molar-refractivity contribution in [2.24, 2.45) is 0 Å². The molecule has 5 heteroatoms. The van der Waals surface area contributed by atoms with Crippen LogP contribution in [0.5, 0.6) is 0 Å². The van der Waals surface area contributed by atoms with E-state index in [0.29, 0.717) is 5.15 Å². The van der Waals surface area contributed by atoms with Gasteiger partial charge < -0.3 is 0 Å². The summed E-state index contributed by atoms with van der Waals surface area (Å²) in [6.07, 6.45) is 1.50. The van der Waals surface area contributed by atoms with Gasteiger partial charge >= 0.3 is 0 Å². The molecule has 0 atom stereocenters. The van der Waals surface area contributed by atoms with Gasteiger partial charge in [0, 0.05) is 0 Å². The first kappa shape index (κ1) is 8.65. The Morgan fingerprint density at radius 1 is 1.50 bits per heavy atom. The highest BCUT2D eigenvalue weighted by molar-refractivity contribution is 14.1. The molecule has 2 nitrogen and oxygen atoms in total. The number of aryl methyl sites for hydroxylation is 1. The van der Waals surface area contributed by atoms with E-state index in [1.807, 2.05) is 6.92 Å². The number of halogens is 2. The predicted molar refractivity (Wildman–Crippen MR) is 59.9 cm³/mol. The lowest BCUT2D eigenvalue weighted by atomic mass is 10.3. The third-order valence-electron chi connectivity index (χ3n) is 1.60. The molecule has 0 saturated carbocycles. The second kappa shape index (κ2) is 3.08. The fraction of sp³-hybridized carbons (Fsp3) is 0.143. The van der Waals surface area contributed by atoms with Gasteiger partial charge in [0.25, 0.3) is 0 Å². The highest BCUT2D eigenvalue weighted by atomic mass is 127. The third-order valence-corrected chi connectivity index (χ3v) is 4.55. The Kier molecular flexibility index (Phi) is 2.22. The maximum atomic E-state index is 5.90. The Labute approximate surface area is 92.1 Å². The van der Waals surface area contributed by atoms with Gasteiger partial charge in [0.1, 0.15) is 11.5 Å². The quantitative estimate of drug-likeness (QED) is 0.551. The molecule has 0 aliphatic carbocycles. The smallest absolute Gasteiger partial charge is 0.150 e. The maximum Gasteiger partial charge on any atom is 0.150 e. The minimum absolute atomic E-state index is 0.552. The SMILES string of the molecule is Cc1c(I)sc2c(Cl)ncnc12. The first-order valence-corrected chi connectivity index (χ1v) is 5.52. The third kappa shape index (κ3) is 1.22. The van der Waals surface area contributed by atoms with E-state index >= 15 is 0 Å². The highest BCUT2D eigenvalue weighted by Gasteiger charge is 2.09. The normalized spacial score (nSPS) is 10.9. The molecule has 0 unspecified atom stereocenters. The molecule has 62 valence electrons. The van der Waals surface area contributed by atoms with Gasteiger partial charge in [-0.25, -0.2) is 9.97 Å². The number of hydrogen-bond acceptors (Lipinski definition) is 3. The molecular formula is C7H4ClIN2S. The Morgan fingerprint density at radius 3 is 2.92 bits per heavy atom. The number of aromatic nitrogens is 2. The van der Waals surface area contributed by atoms with Crippen molar-refractivity contribution in [3.8, 4) is 0 Å². The largest absolute Gasteiger partial charge is 0.235 e. The summed E-state index contributed by atoms with van der Waals surface area (Å²) in [5.41, 5.74) is 2.17. The molecule has 0 radical (unpaired) electrons. The maximum absolute atomic E-state index is 5.90. The minimum atomic E-state index is 0.552. The van der Waals surface area contributed by atoms with Crippen LogP contribution in [0.25, 0.3) is 10.2 Å². The molecule has 0 aliphatic heterocycles. The molecule has 0 aromatic carbocycles. The first-order valence-electron chi connectivity index (χ1n) is 3.25. The fourth-order valence-electron chi connectivity index (χ4n) is 0.969. The van der Waals surface area contributed by atoms with E-state index in [9.17, 15) is 0 Å². The van der Waals surface area contributed by atoms with Crippen LogP contribution in [0, 0.1) is 9.81 Å². The van der Waals surface area contributed by atoms with E-state index in [0.717, 1.165) is 10.2 Å². The zero-order chi connectivity index (χ0) is 8.72. The van der Waals surface area contributed by atoms with Crippen molar-refractivity contribution in [2.75, 3.05) is 0 Å². The average Bonchev–Trinajstić information content (AvgIpc) is 2.32. The van der Waals surface area contributed by atoms with Gasteiger partial charge in [-0.2, -0.15) is 0 Å². The summed E-state index contributed by atoms with van der Waals surface area (Å²) in [6, 6.07) is 0. The van der Waals surface area contributed by atoms with Crippen LogP contribution in [0.4, 0.5) is 0 Å². The zero-order valence-corrected chi connectivity index (χ0v) is 9.87. The molecule has 2 rings (SSSR count). The van der Waals surface area contributed by atoms with Crippen LogP contribution in [0.3, 0.4) is 0 Å². The summed E-state index contributed by atoms with van der Waals surface area (Å²) < 4.78 is 2.21. The van der Waals surface area contributed by atoms with Crippen LogP contribution in [-0.2, 0) is 0 Å². The van der Waals surface area contributed by atoms with Gasteiger partial charge in [-0.3, -0.25) is 0 Å². The fourth-order valence-corrected chi connectivity index (χ4v) is 3.00. The van der Waals surface area contributed by atoms with Gasteiger partial charge in [0.05, 0.1) is 13.1 Å². The van der Waals surface area contributed by atoms with Gasteiger partial charge in [0.15, 0.2) is 0 Å². The molecule has 2 aromatic rings. The number of hydrogen-bond donors (Lipinski definition) is 0. The molecule has 0 aliphatic rings. The number of rotatable bonds is 0. The second-order valence-electron chi connectivity index (χ2n) is 2.34. The zero-order valence-electron chi connectivity index (χ0n) is 6.14. The van der Waals surface area contributed by atoms with E-state index in [1.165, 1.54) is 14.8 Å². The van der Waals surface area contributed by atoms with E-state index in [1.54, 1.807) is 11.3 Å². The Balaban J connectivity index is 2.95. The molecule has 0 amide bonds. The number of fused-ring (bicyclic) bond motifs is 1. The van der Waals surface area contributed by atoms with Crippen molar-refractivity contribution < 1.29 is 0 Å². The van der Waals surface area contributed by atoms with Crippen LogP contribution < -0.4 is 0 Å². The monoisotopic (exact) mass is 310 g/mol. The summed E-state index contributed by atoms with van der Waals surface area (Å²) in [4.78, 5) is 8.10. The summed E-state index contributed by atoms with van der Waals surface area (Å²) in [5, 5.41) is 0.552. The standard InChI is InChI=1S/C7H4ClIN2S/c1-3-4-5(12-7(3)9)6(8)11-2-10-4/h2H,1H3. The second-order valence-corrected chi connectivity index (χ2v) is 5.53. The molecule has 0 fully saturated rings. The van der Waals surface area contributed by atoms with E-state index in [4.69, 9.17) is 11.6 Å². The van der Waals surface area contributed by atoms with Crippen LogP contribution in [0.1, 0.15) is 5.56 Å². The highest BCUT2D eigenvalue weighted by Crippen LogP contribution is 2.33. The summed E-state index contributed by atoms with van der Waals surface area (Å²) in [7, 11) is 0. The molecular weight excluding hydrogens is 307 g/mol. The Bertz CT molecular complexity index is 440. The molecule has 0 N–H and O–H groups in total. The van der Waals surface area contributed by atoms with Crippen molar-refractivity contribution in [1.82, 2.24) is 9.97 Å². The lowest BCUT2D eigenvalue weighted by Crippen LogP contribution is -1.80. The number of nitrogens with zero attached hydrogens (tertiary/aromatic N) is 2. The molecule has 2 heterocycles. The van der Waals surface area contributed by atoms with Crippen LogP contribution in [0.15, 0.2) is 6.33 Å². The van der Waals surface area contributed by atoms with Crippen molar-refractivity contribution in [1.29, 1.82) is 0 Å². The van der Waals surface area contributed by atoms with Crippen LogP contribution in [-0.4, -0.2) is 9.97 Å². The molecule has 0 spiro atoms. The van der Waals surface area contributed by atoms with E-state index < -0.39 is 0 Å². The average molecular weight is 311 g/mol. The van der Waals surface area contributed by atoms with Crippen molar-refractivity contribution in [3.05, 3.63) is 19.9 Å². The Morgan fingerprint density at radius 2 is 2.25 bits per heavy atom. The lowest BCUT2D eigenvalue weighted by molar-refractivity contribution is 1.22. The first-order chi connectivity index (χ1) is 5.70. The molecule has 2 aromatic heterocycles. The van der Waals surface area contributed by atoms with Gasteiger partial charge in [-0.15, -0.1) is 11.3 Å². The number of thiophene rings is 1. The van der Waals surface area contributed by atoms with Crippen LogP contribution >= 0.6 is 45.5 Å². The Hall–Kier alpha value is 0.0600. The molecule has 0 saturated heterocycles. The topological polar surface area (TPSA) is 25.8 Å². The predicted octanol–water partition coefficient (Wildman–Crippen LogP) is 3.26. The summed E-state index contributed by atoms with van der Waals surface area (Å²) >= 11 is 9.82. The van der Waals surface area contributed by atoms with Gasteiger partial charge in [0.2, 0.25) is 0 Å². The van der Waals surface area contributed by atoms with Crippen molar-refractivity contribution >= 4 is 55.7 Å². The van der Waals surface area contributed by atoms with Crippen LogP contribution in [0.2, 0.25) is 5.15 Å². The minimum Gasteiger partial charge on any atom is -0.235 e. The summed E-state index contributed by atoms with van der Waals surface area (Å²) in [5.74, 6) is 0. The van der Waals surface area contributed by atoms with Gasteiger partial charge in [-0.05, 0) is 35.1 Å². The molecule has 0 bridgehead atoms.